The number of carbonyl (C=O) groups excluding carboxylic acids is 1. The molecule has 1 aromatic heterocycles. The molecule has 0 aliphatic carbocycles. The summed E-state index contributed by atoms with van der Waals surface area (Å²) in [5, 5.41) is 8.66. The largest absolute Gasteiger partial charge is 0.477 e. The van der Waals surface area contributed by atoms with Crippen molar-refractivity contribution >= 4 is 11.8 Å². The number of hydrogen-bond acceptors (Lipinski definition) is 3. The fraction of sp³-hybridized carbons (Fsp3) is 0.300. The summed E-state index contributed by atoms with van der Waals surface area (Å²) in [6.07, 6.45) is 1.33. The summed E-state index contributed by atoms with van der Waals surface area (Å²) in [5.41, 5.74) is 0.295. The van der Waals surface area contributed by atoms with Crippen LogP contribution in [-0.2, 0) is 0 Å². The van der Waals surface area contributed by atoms with Crippen LogP contribution in [0.25, 0.3) is 0 Å². The van der Waals surface area contributed by atoms with Gasteiger partial charge in [0, 0.05) is 17.7 Å². The Bertz CT molecular complexity index is 371. The zero-order valence-electron chi connectivity index (χ0n) is 8.02. The summed E-state index contributed by atoms with van der Waals surface area (Å²) in [4.78, 5) is 25.7. The molecule has 0 saturated carbocycles. The molecule has 0 radical (unpaired) electrons. The molecule has 0 spiro atoms. The highest BCUT2D eigenvalue weighted by atomic mass is 16.4. The maximum atomic E-state index is 11.5. The summed E-state index contributed by atoms with van der Waals surface area (Å²) in [6.45, 7) is 3.53. The van der Waals surface area contributed by atoms with Gasteiger partial charge in [-0.05, 0) is 12.1 Å². The van der Waals surface area contributed by atoms with Crippen LogP contribution in [0.3, 0.4) is 0 Å². The van der Waals surface area contributed by atoms with Gasteiger partial charge in [-0.15, -0.1) is 0 Å². The van der Waals surface area contributed by atoms with Crippen LogP contribution in [0, 0.1) is 5.92 Å². The predicted octanol–water partition coefficient (Wildman–Crippen LogP) is 1.62. The number of rotatable bonds is 3. The SMILES string of the molecule is CC(C)C(=O)c1ccnc(C(=O)O)c1. The van der Waals surface area contributed by atoms with Gasteiger partial charge >= 0.3 is 5.97 Å². The lowest BCUT2D eigenvalue weighted by atomic mass is 10.0. The standard InChI is InChI=1S/C10H11NO3/c1-6(2)9(12)7-3-4-11-8(5-7)10(13)14/h3-6H,1-2H3,(H,13,14). The zero-order valence-corrected chi connectivity index (χ0v) is 8.02. The average Bonchev–Trinajstić information content (AvgIpc) is 2.16. The van der Waals surface area contributed by atoms with Gasteiger partial charge in [0.25, 0.3) is 0 Å². The number of aromatic carboxylic acids is 1. The molecule has 0 bridgehead atoms. The molecular formula is C10H11NO3. The molecule has 0 saturated heterocycles. The molecule has 74 valence electrons. The van der Waals surface area contributed by atoms with E-state index >= 15 is 0 Å². The van der Waals surface area contributed by atoms with Crippen molar-refractivity contribution in [3.8, 4) is 0 Å². The van der Waals surface area contributed by atoms with E-state index in [9.17, 15) is 9.59 Å². The topological polar surface area (TPSA) is 67.3 Å². The highest BCUT2D eigenvalue weighted by molar-refractivity contribution is 5.99. The van der Waals surface area contributed by atoms with Crippen LogP contribution in [0.5, 0.6) is 0 Å². The lowest BCUT2D eigenvalue weighted by molar-refractivity contribution is 0.0690. The molecule has 1 heterocycles. The van der Waals surface area contributed by atoms with E-state index in [1.807, 2.05) is 0 Å². The second kappa shape index (κ2) is 4.00. The van der Waals surface area contributed by atoms with Crippen LogP contribution < -0.4 is 0 Å². The number of ketones is 1. The predicted molar refractivity (Wildman–Crippen MR) is 50.4 cm³/mol. The van der Waals surface area contributed by atoms with Crippen LogP contribution in [0.15, 0.2) is 18.3 Å². The second-order valence-corrected chi connectivity index (χ2v) is 3.25. The maximum Gasteiger partial charge on any atom is 0.354 e. The van der Waals surface area contributed by atoms with E-state index in [1.54, 1.807) is 13.8 Å². The highest BCUT2D eigenvalue weighted by Crippen LogP contribution is 2.08. The van der Waals surface area contributed by atoms with Gasteiger partial charge in [-0.3, -0.25) is 4.79 Å². The third-order valence-corrected chi connectivity index (χ3v) is 1.79. The van der Waals surface area contributed by atoms with Gasteiger partial charge in [0.2, 0.25) is 0 Å². The quantitative estimate of drug-likeness (QED) is 0.740. The molecule has 0 fully saturated rings. The minimum Gasteiger partial charge on any atom is -0.477 e. The minimum atomic E-state index is -1.12. The van der Waals surface area contributed by atoms with Gasteiger partial charge in [-0.1, -0.05) is 13.8 Å². The first-order chi connectivity index (χ1) is 6.52. The fourth-order valence-corrected chi connectivity index (χ4v) is 1.03. The molecule has 14 heavy (non-hydrogen) atoms. The van der Waals surface area contributed by atoms with E-state index in [-0.39, 0.29) is 17.4 Å². The van der Waals surface area contributed by atoms with Crippen LogP contribution in [-0.4, -0.2) is 21.8 Å². The summed E-state index contributed by atoms with van der Waals surface area (Å²) in [5.74, 6) is -1.34. The second-order valence-electron chi connectivity index (χ2n) is 3.25. The minimum absolute atomic E-state index is 0.0742. The number of nitrogens with zero attached hydrogens (tertiary/aromatic N) is 1. The van der Waals surface area contributed by atoms with Crippen molar-refractivity contribution in [1.82, 2.24) is 4.98 Å². The Balaban J connectivity index is 3.06. The number of carboxylic acids is 1. The molecule has 1 N–H and O–H groups in total. The molecule has 0 aliphatic rings. The molecule has 1 aromatic rings. The van der Waals surface area contributed by atoms with Gasteiger partial charge in [-0.2, -0.15) is 0 Å². The van der Waals surface area contributed by atoms with Crippen LogP contribution >= 0.6 is 0 Å². The first-order valence-corrected chi connectivity index (χ1v) is 4.26. The van der Waals surface area contributed by atoms with Crippen molar-refractivity contribution in [1.29, 1.82) is 0 Å². The molecule has 0 unspecified atom stereocenters. The molecule has 0 aliphatic heterocycles. The summed E-state index contributed by atoms with van der Waals surface area (Å²) < 4.78 is 0. The number of hydrogen-bond donors (Lipinski definition) is 1. The van der Waals surface area contributed by atoms with Crippen molar-refractivity contribution in [3.63, 3.8) is 0 Å². The summed E-state index contributed by atoms with van der Waals surface area (Å²) in [7, 11) is 0. The van der Waals surface area contributed by atoms with Crippen LogP contribution in [0.4, 0.5) is 0 Å². The Labute approximate surface area is 81.6 Å². The fourth-order valence-electron chi connectivity index (χ4n) is 1.03. The number of carbonyl (C=O) groups is 2. The first-order valence-electron chi connectivity index (χ1n) is 4.26. The summed E-state index contributed by atoms with van der Waals surface area (Å²) in [6, 6.07) is 2.82. The first kappa shape index (κ1) is 10.4. The van der Waals surface area contributed by atoms with E-state index in [4.69, 9.17) is 5.11 Å². The Hall–Kier alpha value is -1.71. The average molecular weight is 193 g/mol. The van der Waals surface area contributed by atoms with Crippen molar-refractivity contribution in [3.05, 3.63) is 29.6 Å². The molecule has 0 atom stereocenters. The number of aromatic nitrogens is 1. The lowest BCUT2D eigenvalue weighted by Crippen LogP contribution is -2.09. The molecule has 4 heteroatoms. The van der Waals surface area contributed by atoms with Gasteiger partial charge in [-0.25, -0.2) is 9.78 Å². The number of Topliss-reactive ketones (excluding diaryl/α,β-unsaturated/α-hetero) is 1. The maximum absolute atomic E-state index is 11.5. The Morgan fingerprint density at radius 1 is 1.43 bits per heavy atom. The van der Waals surface area contributed by atoms with Gasteiger partial charge in [0.05, 0.1) is 0 Å². The lowest BCUT2D eigenvalue weighted by Gasteiger charge is -2.03. The van der Waals surface area contributed by atoms with Crippen molar-refractivity contribution in [2.75, 3.05) is 0 Å². The van der Waals surface area contributed by atoms with E-state index in [0.29, 0.717) is 5.56 Å². The highest BCUT2D eigenvalue weighted by Gasteiger charge is 2.13. The monoisotopic (exact) mass is 193 g/mol. The third-order valence-electron chi connectivity index (χ3n) is 1.79. The van der Waals surface area contributed by atoms with E-state index in [1.165, 1.54) is 18.3 Å². The normalized spacial score (nSPS) is 10.2. The smallest absolute Gasteiger partial charge is 0.354 e. The third kappa shape index (κ3) is 2.16. The van der Waals surface area contributed by atoms with Crippen LogP contribution in [0.1, 0.15) is 34.7 Å². The van der Waals surface area contributed by atoms with Gasteiger partial charge in [0.15, 0.2) is 5.78 Å². The van der Waals surface area contributed by atoms with Gasteiger partial charge < -0.3 is 5.11 Å². The van der Waals surface area contributed by atoms with E-state index in [2.05, 4.69) is 4.98 Å². The molecule has 4 nitrogen and oxygen atoms in total. The van der Waals surface area contributed by atoms with Gasteiger partial charge in [0.1, 0.15) is 5.69 Å². The molecule has 0 amide bonds. The summed E-state index contributed by atoms with van der Waals surface area (Å²) >= 11 is 0. The van der Waals surface area contributed by atoms with Crippen molar-refractivity contribution in [2.24, 2.45) is 5.92 Å². The number of carboxylic acid groups (broad SMARTS) is 1. The Morgan fingerprint density at radius 3 is 2.57 bits per heavy atom. The Morgan fingerprint density at radius 2 is 2.07 bits per heavy atom. The number of pyridine rings is 1. The van der Waals surface area contributed by atoms with E-state index in [0.717, 1.165) is 0 Å². The molecule has 0 aromatic carbocycles. The van der Waals surface area contributed by atoms with Crippen molar-refractivity contribution < 1.29 is 14.7 Å². The van der Waals surface area contributed by atoms with E-state index < -0.39 is 5.97 Å². The Kier molecular flexibility index (Phi) is 2.96. The van der Waals surface area contributed by atoms with Crippen LogP contribution in [0.2, 0.25) is 0 Å². The molecular weight excluding hydrogens is 182 g/mol. The zero-order chi connectivity index (χ0) is 10.7. The van der Waals surface area contributed by atoms with Crippen molar-refractivity contribution in [2.45, 2.75) is 13.8 Å². The molecule has 1 rings (SSSR count).